The highest BCUT2D eigenvalue weighted by molar-refractivity contribution is 6.30. The molecule has 0 aliphatic heterocycles. The Hall–Kier alpha value is -1.52. The van der Waals surface area contributed by atoms with Crippen molar-refractivity contribution < 1.29 is 0 Å². The van der Waals surface area contributed by atoms with Gasteiger partial charge in [-0.05, 0) is 31.2 Å². The van der Waals surface area contributed by atoms with Crippen molar-refractivity contribution >= 4 is 17.3 Å². The number of imidazole rings is 1. The van der Waals surface area contributed by atoms with E-state index in [0.29, 0.717) is 6.54 Å². The average Bonchev–Trinajstić information content (AvgIpc) is 2.86. The fourth-order valence-electron chi connectivity index (χ4n) is 1.89. The van der Waals surface area contributed by atoms with E-state index in [2.05, 4.69) is 21.8 Å². The van der Waals surface area contributed by atoms with E-state index in [1.807, 2.05) is 36.8 Å². The fraction of sp³-hybridized carbons (Fsp3) is 0.308. The number of halogens is 1. The molecule has 2 rings (SSSR count). The third-order valence-corrected chi connectivity index (χ3v) is 3.12. The van der Waals surface area contributed by atoms with E-state index < -0.39 is 0 Å². The molecule has 1 unspecified atom stereocenters. The van der Waals surface area contributed by atoms with Crippen molar-refractivity contribution in [2.45, 2.75) is 19.5 Å². The van der Waals surface area contributed by atoms with Crippen LogP contribution in [0.5, 0.6) is 0 Å². The minimum atomic E-state index is 0.0497. The number of hydrogen-bond acceptors (Lipinski definition) is 3. The van der Waals surface area contributed by atoms with Gasteiger partial charge >= 0.3 is 0 Å². The van der Waals surface area contributed by atoms with Gasteiger partial charge in [-0.25, -0.2) is 4.98 Å². The van der Waals surface area contributed by atoms with Crippen LogP contribution in [0.3, 0.4) is 0 Å². The summed E-state index contributed by atoms with van der Waals surface area (Å²) in [5.41, 5.74) is 7.93. The Bertz CT molecular complexity index is 492. The predicted octanol–water partition coefficient (Wildman–Crippen LogP) is 2.67. The number of rotatable bonds is 5. The lowest BCUT2D eigenvalue weighted by Gasteiger charge is -2.19. The van der Waals surface area contributed by atoms with Gasteiger partial charge in [0.15, 0.2) is 0 Å². The zero-order valence-electron chi connectivity index (χ0n) is 10.3. The quantitative estimate of drug-likeness (QED) is 0.873. The number of aromatic nitrogens is 2. The molecular weight excluding hydrogens is 248 g/mol. The van der Waals surface area contributed by atoms with Gasteiger partial charge in [-0.15, -0.1) is 0 Å². The lowest BCUT2D eigenvalue weighted by molar-refractivity contribution is 0.654. The van der Waals surface area contributed by atoms with Gasteiger partial charge in [0.1, 0.15) is 0 Å². The van der Waals surface area contributed by atoms with Gasteiger partial charge in [-0.1, -0.05) is 11.6 Å². The molecule has 1 heterocycles. The Balaban J connectivity index is 2.17. The van der Waals surface area contributed by atoms with E-state index in [9.17, 15) is 0 Å². The van der Waals surface area contributed by atoms with Crippen LogP contribution in [0.4, 0.5) is 5.69 Å². The molecule has 4 nitrogen and oxygen atoms in total. The average molecular weight is 265 g/mol. The van der Waals surface area contributed by atoms with Crippen LogP contribution < -0.4 is 11.1 Å². The van der Waals surface area contributed by atoms with Crippen molar-refractivity contribution in [3.8, 4) is 0 Å². The number of nitrogens with two attached hydrogens (primary N) is 1. The van der Waals surface area contributed by atoms with Crippen molar-refractivity contribution in [3.63, 3.8) is 0 Å². The highest BCUT2D eigenvalue weighted by atomic mass is 35.5. The van der Waals surface area contributed by atoms with E-state index in [1.165, 1.54) is 0 Å². The molecule has 18 heavy (non-hydrogen) atoms. The van der Waals surface area contributed by atoms with Gasteiger partial charge < -0.3 is 15.6 Å². The van der Waals surface area contributed by atoms with Crippen LogP contribution in [0.1, 0.15) is 18.7 Å². The Morgan fingerprint density at radius 1 is 1.39 bits per heavy atom. The summed E-state index contributed by atoms with van der Waals surface area (Å²) in [6, 6.07) is 7.65. The molecule has 0 amide bonds. The van der Waals surface area contributed by atoms with Crippen molar-refractivity contribution in [1.82, 2.24) is 9.55 Å². The Kier molecular flexibility index (Phi) is 4.23. The molecule has 0 aliphatic rings. The van der Waals surface area contributed by atoms with Gasteiger partial charge in [0.05, 0.1) is 24.3 Å². The standard InChI is InChI=1S/C13H17ClN4/c1-2-18-9-16-8-13(18)12(7-15)17-11-5-3-10(14)4-6-11/h3-6,8-9,12,17H,2,7,15H2,1H3. The summed E-state index contributed by atoms with van der Waals surface area (Å²) < 4.78 is 2.08. The smallest absolute Gasteiger partial charge is 0.0948 e. The van der Waals surface area contributed by atoms with Gasteiger partial charge in [-0.3, -0.25) is 0 Å². The largest absolute Gasteiger partial charge is 0.375 e. The molecule has 0 bridgehead atoms. The van der Waals surface area contributed by atoms with Crippen LogP contribution in [-0.4, -0.2) is 16.1 Å². The molecule has 0 fully saturated rings. The molecule has 0 spiro atoms. The highest BCUT2D eigenvalue weighted by Crippen LogP contribution is 2.20. The molecule has 1 atom stereocenters. The molecule has 3 N–H and O–H groups in total. The second-order valence-electron chi connectivity index (χ2n) is 4.04. The van der Waals surface area contributed by atoms with Gasteiger partial charge in [0.2, 0.25) is 0 Å². The SMILES string of the molecule is CCn1cncc1C(CN)Nc1ccc(Cl)cc1. The number of nitrogens with zero attached hydrogens (tertiary/aromatic N) is 2. The van der Waals surface area contributed by atoms with Crippen LogP contribution in [-0.2, 0) is 6.54 Å². The molecule has 0 radical (unpaired) electrons. The van der Waals surface area contributed by atoms with E-state index in [-0.39, 0.29) is 6.04 Å². The van der Waals surface area contributed by atoms with E-state index in [0.717, 1.165) is 22.9 Å². The maximum absolute atomic E-state index is 5.86. The van der Waals surface area contributed by atoms with Gasteiger partial charge in [-0.2, -0.15) is 0 Å². The Morgan fingerprint density at radius 2 is 2.11 bits per heavy atom. The van der Waals surface area contributed by atoms with Gasteiger partial charge in [0.25, 0.3) is 0 Å². The molecule has 0 saturated heterocycles. The third kappa shape index (κ3) is 2.83. The molecule has 5 heteroatoms. The Labute approximate surface area is 112 Å². The van der Waals surface area contributed by atoms with Gasteiger partial charge in [0, 0.05) is 23.8 Å². The van der Waals surface area contributed by atoms with Crippen molar-refractivity contribution in [1.29, 1.82) is 0 Å². The monoisotopic (exact) mass is 264 g/mol. The highest BCUT2D eigenvalue weighted by Gasteiger charge is 2.13. The first kappa shape index (κ1) is 12.9. The first-order valence-corrected chi connectivity index (χ1v) is 6.34. The normalized spacial score (nSPS) is 12.4. The molecule has 0 aliphatic carbocycles. The number of hydrogen-bond donors (Lipinski definition) is 2. The first-order valence-electron chi connectivity index (χ1n) is 5.96. The zero-order valence-corrected chi connectivity index (χ0v) is 11.1. The van der Waals surface area contributed by atoms with Crippen LogP contribution in [0.25, 0.3) is 0 Å². The van der Waals surface area contributed by atoms with Crippen LogP contribution >= 0.6 is 11.6 Å². The predicted molar refractivity (Wildman–Crippen MR) is 74.8 cm³/mol. The molecular formula is C13H17ClN4. The fourth-order valence-corrected chi connectivity index (χ4v) is 2.01. The second kappa shape index (κ2) is 5.89. The minimum absolute atomic E-state index is 0.0497. The summed E-state index contributed by atoms with van der Waals surface area (Å²) >= 11 is 5.86. The molecule has 1 aromatic heterocycles. The molecule has 1 aromatic carbocycles. The van der Waals surface area contributed by atoms with Crippen molar-refractivity contribution in [3.05, 3.63) is 47.5 Å². The summed E-state index contributed by atoms with van der Waals surface area (Å²) in [4.78, 5) is 4.16. The van der Waals surface area contributed by atoms with Crippen molar-refractivity contribution in [2.24, 2.45) is 5.73 Å². The van der Waals surface area contributed by atoms with Crippen LogP contribution in [0.2, 0.25) is 5.02 Å². The maximum Gasteiger partial charge on any atom is 0.0948 e. The van der Waals surface area contributed by atoms with Crippen LogP contribution in [0.15, 0.2) is 36.8 Å². The molecule has 0 saturated carbocycles. The minimum Gasteiger partial charge on any atom is -0.375 e. The van der Waals surface area contributed by atoms with E-state index in [4.69, 9.17) is 17.3 Å². The summed E-state index contributed by atoms with van der Waals surface area (Å²) in [5, 5.41) is 4.11. The second-order valence-corrected chi connectivity index (χ2v) is 4.48. The maximum atomic E-state index is 5.86. The number of aryl methyl sites for hydroxylation is 1. The van der Waals surface area contributed by atoms with Crippen molar-refractivity contribution in [2.75, 3.05) is 11.9 Å². The van der Waals surface area contributed by atoms with Crippen LogP contribution in [0, 0.1) is 0 Å². The third-order valence-electron chi connectivity index (χ3n) is 2.86. The molecule has 96 valence electrons. The number of nitrogens with one attached hydrogen (secondary N) is 1. The summed E-state index contributed by atoms with van der Waals surface area (Å²) in [6.07, 6.45) is 3.67. The lowest BCUT2D eigenvalue weighted by atomic mass is 10.2. The van der Waals surface area contributed by atoms with E-state index >= 15 is 0 Å². The summed E-state index contributed by atoms with van der Waals surface area (Å²) in [5.74, 6) is 0. The lowest BCUT2D eigenvalue weighted by Crippen LogP contribution is -2.23. The summed E-state index contributed by atoms with van der Waals surface area (Å²) in [7, 11) is 0. The zero-order chi connectivity index (χ0) is 13.0. The topological polar surface area (TPSA) is 55.9 Å². The number of benzene rings is 1. The Morgan fingerprint density at radius 3 is 2.72 bits per heavy atom. The molecule has 2 aromatic rings. The summed E-state index contributed by atoms with van der Waals surface area (Å²) in [6.45, 7) is 3.48. The number of anilines is 1. The van der Waals surface area contributed by atoms with E-state index in [1.54, 1.807) is 0 Å². The first-order chi connectivity index (χ1) is 8.74.